The highest BCUT2D eigenvalue weighted by Crippen LogP contribution is 1.81. The van der Waals surface area contributed by atoms with Crippen LogP contribution in [0.5, 0.6) is 0 Å². The molecule has 7 nitrogen and oxygen atoms in total. The number of hydrogen-bond acceptors (Lipinski definition) is 7. The molecule has 1 aliphatic rings. The van der Waals surface area contributed by atoms with E-state index in [9.17, 15) is 0 Å². The van der Waals surface area contributed by atoms with Crippen molar-refractivity contribution in [2.45, 2.75) is 41.5 Å². The van der Waals surface area contributed by atoms with E-state index in [2.05, 4.69) is 34.6 Å². The van der Waals surface area contributed by atoms with Crippen LogP contribution in [0.15, 0.2) is 61.1 Å². The van der Waals surface area contributed by atoms with Crippen LogP contribution in [0.2, 0.25) is 0 Å². The van der Waals surface area contributed by atoms with Crippen molar-refractivity contribution in [3.05, 3.63) is 56.1 Å². The van der Waals surface area contributed by atoms with Gasteiger partial charge in [0.25, 0.3) is 0 Å². The summed E-state index contributed by atoms with van der Waals surface area (Å²) in [5, 5.41) is 0. The molecule has 0 bridgehead atoms. The second kappa shape index (κ2) is 32.3. The third-order valence-corrected chi connectivity index (χ3v) is 1.40. The minimum absolute atomic E-state index is 0.764. The first-order valence-corrected chi connectivity index (χ1v) is 8.04. The van der Waals surface area contributed by atoms with Gasteiger partial charge in [0.05, 0.1) is 12.8 Å². The van der Waals surface area contributed by atoms with E-state index in [0.717, 1.165) is 6.54 Å². The molecule has 7 heteroatoms. The maximum Gasteiger partial charge on any atom is 0.176 e. The Balaban J connectivity index is -0.000000239. The van der Waals surface area contributed by atoms with Crippen LogP contribution in [0, 0.1) is 0 Å². The first kappa shape index (κ1) is 26.2. The summed E-state index contributed by atoms with van der Waals surface area (Å²) in [6.45, 7) is 12.8. The van der Waals surface area contributed by atoms with Crippen molar-refractivity contribution >= 4 is 6.40 Å². The molecule has 134 valence electrons. The number of aliphatic imine (C=N–C) groups is 1. The third-order valence-electron chi connectivity index (χ3n) is 1.40. The normalized spacial score (nSPS) is 9.08. The largest absolute Gasteiger partial charge is 0.454 e. The first-order chi connectivity index (χ1) is 12.0. The van der Waals surface area contributed by atoms with Crippen LogP contribution in [0.3, 0.4) is 0 Å². The number of hydrogen-bond donors (Lipinski definition) is 0. The van der Waals surface area contributed by atoms with Crippen molar-refractivity contribution in [2.75, 3.05) is 6.54 Å². The molecule has 0 N–H and O–H groups in total. The monoisotopic (exact) mass is 334 g/mol. The summed E-state index contributed by atoms with van der Waals surface area (Å²) in [6.07, 6.45) is 14.1. The Kier molecular flexibility index (Phi) is 35.3. The van der Waals surface area contributed by atoms with Crippen molar-refractivity contribution < 1.29 is 4.74 Å². The summed E-state index contributed by atoms with van der Waals surface area (Å²) < 4.78 is 4.60. The lowest BCUT2D eigenvalue weighted by Gasteiger charge is -1.91. The van der Waals surface area contributed by atoms with Crippen LogP contribution < -0.4 is 0 Å². The Morgan fingerprint density at radius 3 is 1.25 bits per heavy atom. The van der Waals surface area contributed by atoms with E-state index >= 15 is 0 Å². The van der Waals surface area contributed by atoms with Crippen molar-refractivity contribution in [2.24, 2.45) is 4.99 Å². The standard InChI is InChI=1S/C4H4N2.C4H5NO.C3H3N3.3C2H6/c2*1-2-5-4-6-3-1;1-4-2-6-3-5-1;3*1-2/h1-4H;1,3-4H,2H2;1-3H;3*1-2H3. The molecule has 0 unspecified atom stereocenters. The second-order valence-electron chi connectivity index (χ2n) is 2.68. The van der Waals surface area contributed by atoms with E-state index in [1.807, 2.05) is 47.6 Å². The van der Waals surface area contributed by atoms with Gasteiger partial charge in [-0.2, -0.15) is 0 Å². The van der Waals surface area contributed by atoms with Gasteiger partial charge in [0.15, 0.2) is 6.40 Å². The Bertz CT molecular complexity index is 332. The summed E-state index contributed by atoms with van der Waals surface area (Å²) in [5.41, 5.74) is 0. The van der Waals surface area contributed by atoms with Gasteiger partial charge in [0.1, 0.15) is 25.3 Å². The Labute approximate surface area is 146 Å². The van der Waals surface area contributed by atoms with Gasteiger partial charge in [0.2, 0.25) is 0 Å². The van der Waals surface area contributed by atoms with Gasteiger partial charge < -0.3 is 4.74 Å². The zero-order valence-electron chi connectivity index (χ0n) is 15.6. The highest BCUT2D eigenvalue weighted by Gasteiger charge is 1.76. The van der Waals surface area contributed by atoms with Crippen LogP contribution in [0.1, 0.15) is 41.5 Å². The van der Waals surface area contributed by atoms with Crippen LogP contribution in [-0.4, -0.2) is 37.9 Å². The molecule has 0 radical (unpaired) electrons. The summed E-state index contributed by atoms with van der Waals surface area (Å²) in [7, 11) is 0. The lowest BCUT2D eigenvalue weighted by atomic mass is 10.6. The SMILES string of the molecule is C1=COC=NC1.CC.CC.CC.c1cncnc1.c1ncncn1. The Hall–Kier alpha value is -2.70. The molecular formula is C17H30N6O. The predicted molar refractivity (Wildman–Crippen MR) is 99.5 cm³/mol. The summed E-state index contributed by atoms with van der Waals surface area (Å²) in [4.78, 5) is 21.8. The van der Waals surface area contributed by atoms with Crippen LogP contribution >= 0.6 is 0 Å². The lowest BCUT2D eigenvalue weighted by Crippen LogP contribution is -1.84. The average Bonchev–Trinajstić information content (AvgIpc) is 2.77. The topological polar surface area (TPSA) is 86.0 Å². The van der Waals surface area contributed by atoms with E-state index in [-0.39, 0.29) is 0 Å². The molecule has 2 aromatic rings. The fraction of sp³-hybridized carbons (Fsp3) is 0.412. The molecule has 0 spiro atoms. The van der Waals surface area contributed by atoms with Gasteiger partial charge in [-0.25, -0.2) is 24.9 Å². The molecule has 0 saturated heterocycles. The molecule has 0 aromatic carbocycles. The fourth-order valence-corrected chi connectivity index (χ4v) is 0.739. The maximum absolute atomic E-state index is 4.60. The minimum atomic E-state index is 0.764. The van der Waals surface area contributed by atoms with E-state index < -0.39 is 0 Å². The van der Waals surface area contributed by atoms with Gasteiger partial charge in [-0.3, -0.25) is 4.99 Å². The van der Waals surface area contributed by atoms with Crippen molar-refractivity contribution in [1.29, 1.82) is 0 Å². The fourth-order valence-electron chi connectivity index (χ4n) is 0.739. The summed E-state index contributed by atoms with van der Waals surface area (Å²) in [5.74, 6) is 0. The smallest absolute Gasteiger partial charge is 0.176 e. The van der Waals surface area contributed by atoms with Gasteiger partial charge in [-0.15, -0.1) is 0 Å². The van der Waals surface area contributed by atoms with Gasteiger partial charge >= 0.3 is 0 Å². The van der Waals surface area contributed by atoms with Crippen LogP contribution in [0.25, 0.3) is 0 Å². The van der Waals surface area contributed by atoms with Crippen LogP contribution in [-0.2, 0) is 4.74 Å². The van der Waals surface area contributed by atoms with Crippen LogP contribution in [0.4, 0.5) is 0 Å². The van der Waals surface area contributed by atoms with Gasteiger partial charge in [0, 0.05) is 12.4 Å². The summed E-state index contributed by atoms with van der Waals surface area (Å²) in [6, 6.07) is 1.78. The number of rotatable bonds is 0. The summed E-state index contributed by atoms with van der Waals surface area (Å²) >= 11 is 0. The minimum Gasteiger partial charge on any atom is -0.454 e. The molecule has 2 aromatic heterocycles. The Morgan fingerprint density at radius 2 is 1.12 bits per heavy atom. The molecule has 3 rings (SSSR count). The van der Waals surface area contributed by atoms with E-state index in [1.54, 1.807) is 24.7 Å². The highest BCUT2D eigenvalue weighted by atomic mass is 16.5. The molecular weight excluding hydrogens is 304 g/mol. The molecule has 1 aliphatic heterocycles. The van der Waals surface area contributed by atoms with E-state index in [0.29, 0.717) is 0 Å². The number of aromatic nitrogens is 5. The molecule has 0 atom stereocenters. The third kappa shape index (κ3) is 27.6. The Morgan fingerprint density at radius 1 is 0.667 bits per heavy atom. The number of ether oxygens (including phenoxy) is 1. The highest BCUT2D eigenvalue weighted by molar-refractivity contribution is 5.48. The number of nitrogens with zero attached hydrogens (tertiary/aromatic N) is 6. The second-order valence-corrected chi connectivity index (χ2v) is 2.68. The zero-order valence-corrected chi connectivity index (χ0v) is 15.6. The van der Waals surface area contributed by atoms with Gasteiger partial charge in [-0.05, 0) is 12.1 Å². The maximum atomic E-state index is 4.60. The predicted octanol–water partition coefficient (Wildman–Crippen LogP) is 3.99. The average molecular weight is 334 g/mol. The zero-order chi connectivity index (χ0) is 18.7. The van der Waals surface area contributed by atoms with Crippen molar-refractivity contribution in [1.82, 2.24) is 24.9 Å². The quantitative estimate of drug-likeness (QED) is 0.724. The lowest BCUT2D eigenvalue weighted by molar-refractivity contribution is 0.482. The molecule has 3 heterocycles. The van der Waals surface area contributed by atoms with Crippen molar-refractivity contribution in [3.63, 3.8) is 0 Å². The first-order valence-electron chi connectivity index (χ1n) is 8.04. The van der Waals surface area contributed by atoms with E-state index in [1.165, 1.54) is 31.7 Å². The van der Waals surface area contributed by atoms with Crippen molar-refractivity contribution in [3.8, 4) is 0 Å². The molecule has 0 aliphatic carbocycles. The molecule has 0 fully saturated rings. The van der Waals surface area contributed by atoms with Gasteiger partial charge in [-0.1, -0.05) is 41.5 Å². The molecule has 24 heavy (non-hydrogen) atoms. The molecule has 0 amide bonds. The van der Waals surface area contributed by atoms with E-state index in [4.69, 9.17) is 0 Å². The molecule has 0 saturated carbocycles.